The summed E-state index contributed by atoms with van der Waals surface area (Å²) >= 11 is 0. The van der Waals surface area contributed by atoms with Crippen molar-refractivity contribution < 1.29 is 27.5 Å². The molecule has 2 rings (SSSR count). The number of alkyl halides is 3. The van der Waals surface area contributed by atoms with Gasteiger partial charge < -0.3 is 4.74 Å². The van der Waals surface area contributed by atoms with E-state index in [0.29, 0.717) is 5.56 Å². The lowest BCUT2D eigenvalue weighted by atomic mass is 10.1. The van der Waals surface area contributed by atoms with E-state index >= 15 is 0 Å². The Morgan fingerprint density at radius 1 is 0.889 bits per heavy atom. The van der Waals surface area contributed by atoms with Crippen molar-refractivity contribution in [3.8, 4) is 5.75 Å². The molecule has 0 bridgehead atoms. The third-order valence-electron chi connectivity index (χ3n) is 3.46. The van der Waals surface area contributed by atoms with Gasteiger partial charge in [0.2, 0.25) is 0 Å². The summed E-state index contributed by atoms with van der Waals surface area (Å²) in [6, 6.07) is 12.8. The quantitative estimate of drug-likeness (QED) is 0.813. The Hall–Kier alpha value is -3.03. The summed E-state index contributed by atoms with van der Waals surface area (Å²) < 4.78 is 40.4. The second-order valence-electron chi connectivity index (χ2n) is 6.69. The first-order chi connectivity index (χ1) is 12.5. The molecular formula is C19H19F3N2O3. The number of amides is 2. The summed E-state index contributed by atoms with van der Waals surface area (Å²) in [6.07, 6.45) is -4.81. The fraction of sp³-hybridized carbons (Fsp3) is 0.263. The van der Waals surface area contributed by atoms with Gasteiger partial charge in [-0.1, -0.05) is 18.2 Å². The minimum absolute atomic E-state index is 0.0830. The number of carbonyl (C=O) groups is 2. The van der Waals surface area contributed by atoms with Crippen LogP contribution in [0.3, 0.4) is 0 Å². The Kier molecular flexibility index (Phi) is 5.78. The van der Waals surface area contributed by atoms with Crippen molar-refractivity contribution >= 4 is 11.8 Å². The van der Waals surface area contributed by atoms with Crippen LogP contribution in [-0.2, 0) is 0 Å². The first-order valence-corrected chi connectivity index (χ1v) is 8.04. The van der Waals surface area contributed by atoms with E-state index in [1.165, 1.54) is 17.1 Å². The maximum Gasteiger partial charge on any atom is 0.573 e. The lowest BCUT2D eigenvalue weighted by Gasteiger charge is -2.35. The Morgan fingerprint density at radius 3 is 1.93 bits per heavy atom. The molecule has 0 radical (unpaired) electrons. The predicted octanol–water partition coefficient (Wildman–Crippen LogP) is 4.17. The van der Waals surface area contributed by atoms with Gasteiger partial charge in [-0.05, 0) is 57.2 Å². The number of rotatable bonds is 3. The number of nitrogens with one attached hydrogen (secondary N) is 1. The summed E-state index contributed by atoms with van der Waals surface area (Å²) in [7, 11) is 0. The summed E-state index contributed by atoms with van der Waals surface area (Å²) in [6.45, 7) is 5.23. The molecule has 2 aromatic rings. The highest BCUT2D eigenvalue weighted by Gasteiger charge is 2.32. The van der Waals surface area contributed by atoms with Crippen molar-refractivity contribution in [3.63, 3.8) is 0 Å². The molecule has 0 aliphatic rings. The number of halogens is 3. The minimum Gasteiger partial charge on any atom is -0.406 e. The molecule has 0 aliphatic carbocycles. The van der Waals surface area contributed by atoms with Gasteiger partial charge in [0.05, 0.1) is 5.54 Å². The standard InChI is InChI=1S/C19H19F3N2O3/c1-18(2,3)24(17(26)14-7-5-4-6-8-14)23-16(25)13-9-11-15(12-10-13)27-19(20,21)22/h4-12H,1-3H3,(H,23,25). The molecular weight excluding hydrogens is 361 g/mol. The average molecular weight is 380 g/mol. The van der Waals surface area contributed by atoms with Crippen molar-refractivity contribution in [1.29, 1.82) is 0 Å². The smallest absolute Gasteiger partial charge is 0.406 e. The zero-order valence-electron chi connectivity index (χ0n) is 15.0. The molecule has 0 fully saturated rings. The first kappa shape index (κ1) is 20.3. The van der Waals surface area contributed by atoms with Crippen LogP contribution < -0.4 is 10.2 Å². The molecule has 0 aliphatic heterocycles. The molecule has 0 saturated heterocycles. The molecule has 0 saturated carbocycles. The molecule has 0 heterocycles. The zero-order chi connectivity index (χ0) is 20.2. The van der Waals surface area contributed by atoms with Gasteiger partial charge >= 0.3 is 6.36 Å². The lowest BCUT2D eigenvalue weighted by molar-refractivity contribution is -0.274. The van der Waals surface area contributed by atoms with Crippen LogP contribution in [0.25, 0.3) is 0 Å². The molecule has 0 unspecified atom stereocenters. The number of hydrogen-bond acceptors (Lipinski definition) is 3. The zero-order valence-corrected chi connectivity index (χ0v) is 15.0. The van der Waals surface area contributed by atoms with Gasteiger partial charge in [0.15, 0.2) is 0 Å². The number of hydrazine groups is 1. The average Bonchev–Trinajstić information content (AvgIpc) is 2.58. The van der Waals surface area contributed by atoms with Gasteiger partial charge in [-0.25, -0.2) is 5.01 Å². The van der Waals surface area contributed by atoms with E-state index in [2.05, 4.69) is 10.2 Å². The van der Waals surface area contributed by atoms with Crippen LogP contribution in [0.15, 0.2) is 54.6 Å². The van der Waals surface area contributed by atoms with Crippen molar-refractivity contribution in [2.75, 3.05) is 0 Å². The molecule has 2 aromatic carbocycles. The highest BCUT2D eigenvalue weighted by atomic mass is 19.4. The third-order valence-corrected chi connectivity index (χ3v) is 3.46. The van der Waals surface area contributed by atoms with Gasteiger partial charge in [-0.3, -0.25) is 15.0 Å². The minimum atomic E-state index is -4.81. The highest BCUT2D eigenvalue weighted by Crippen LogP contribution is 2.23. The van der Waals surface area contributed by atoms with E-state index in [0.717, 1.165) is 12.1 Å². The Bertz CT molecular complexity index is 798. The van der Waals surface area contributed by atoms with Gasteiger partial charge in [-0.15, -0.1) is 13.2 Å². The number of carbonyl (C=O) groups excluding carboxylic acids is 2. The van der Waals surface area contributed by atoms with Gasteiger partial charge in [0.25, 0.3) is 11.8 Å². The second kappa shape index (κ2) is 7.69. The SMILES string of the molecule is CC(C)(C)N(NC(=O)c1ccc(OC(F)(F)F)cc1)C(=O)c1ccccc1. The molecule has 0 spiro atoms. The normalized spacial score (nSPS) is 11.6. The summed E-state index contributed by atoms with van der Waals surface area (Å²) in [5.41, 5.74) is 2.26. The second-order valence-corrected chi connectivity index (χ2v) is 6.69. The van der Waals surface area contributed by atoms with E-state index in [1.807, 2.05) is 0 Å². The molecule has 2 amide bonds. The van der Waals surface area contributed by atoms with E-state index in [9.17, 15) is 22.8 Å². The van der Waals surface area contributed by atoms with E-state index < -0.39 is 29.5 Å². The molecule has 0 aromatic heterocycles. The Balaban J connectivity index is 2.18. The largest absolute Gasteiger partial charge is 0.573 e. The van der Waals surface area contributed by atoms with E-state index in [4.69, 9.17) is 0 Å². The molecule has 0 atom stereocenters. The van der Waals surface area contributed by atoms with Crippen molar-refractivity contribution in [2.45, 2.75) is 32.7 Å². The van der Waals surface area contributed by atoms with Crippen LogP contribution in [-0.4, -0.2) is 28.7 Å². The first-order valence-electron chi connectivity index (χ1n) is 8.04. The Morgan fingerprint density at radius 2 is 1.44 bits per heavy atom. The van der Waals surface area contributed by atoms with E-state index in [-0.39, 0.29) is 5.56 Å². The fourth-order valence-electron chi connectivity index (χ4n) is 2.21. The topological polar surface area (TPSA) is 58.6 Å². The summed E-state index contributed by atoms with van der Waals surface area (Å²) in [5.74, 6) is -1.48. The number of nitrogens with zero attached hydrogens (tertiary/aromatic N) is 1. The molecule has 5 nitrogen and oxygen atoms in total. The van der Waals surface area contributed by atoms with Gasteiger partial charge in [0, 0.05) is 11.1 Å². The highest BCUT2D eigenvalue weighted by molar-refractivity contribution is 5.99. The Labute approximate surface area is 154 Å². The summed E-state index contributed by atoms with van der Waals surface area (Å²) in [4.78, 5) is 25.2. The van der Waals surface area contributed by atoms with Crippen LogP contribution in [0.2, 0.25) is 0 Å². The molecule has 144 valence electrons. The maximum absolute atomic E-state index is 12.7. The predicted molar refractivity (Wildman–Crippen MR) is 93.0 cm³/mol. The molecule has 27 heavy (non-hydrogen) atoms. The van der Waals surface area contributed by atoms with Crippen molar-refractivity contribution in [1.82, 2.24) is 10.4 Å². The van der Waals surface area contributed by atoms with Crippen LogP contribution in [0.1, 0.15) is 41.5 Å². The van der Waals surface area contributed by atoms with Crippen LogP contribution in [0.5, 0.6) is 5.75 Å². The molecule has 8 heteroatoms. The monoisotopic (exact) mass is 380 g/mol. The number of hydrogen-bond donors (Lipinski definition) is 1. The number of ether oxygens (including phenoxy) is 1. The maximum atomic E-state index is 12.7. The molecule has 1 N–H and O–H groups in total. The van der Waals surface area contributed by atoms with Crippen LogP contribution >= 0.6 is 0 Å². The van der Waals surface area contributed by atoms with Gasteiger partial charge in [-0.2, -0.15) is 0 Å². The van der Waals surface area contributed by atoms with Crippen LogP contribution in [0, 0.1) is 0 Å². The van der Waals surface area contributed by atoms with Gasteiger partial charge in [0.1, 0.15) is 5.75 Å². The summed E-state index contributed by atoms with van der Waals surface area (Å²) in [5, 5.41) is 1.19. The lowest BCUT2D eigenvalue weighted by Crippen LogP contribution is -2.55. The number of benzene rings is 2. The van der Waals surface area contributed by atoms with E-state index in [1.54, 1.807) is 51.1 Å². The fourth-order valence-corrected chi connectivity index (χ4v) is 2.21. The third kappa shape index (κ3) is 5.73. The van der Waals surface area contributed by atoms with Crippen LogP contribution in [0.4, 0.5) is 13.2 Å². The van der Waals surface area contributed by atoms with Crippen molar-refractivity contribution in [2.24, 2.45) is 0 Å². The van der Waals surface area contributed by atoms with Crippen molar-refractivity contribution in [3.05, 3.63) is 65.7 Å².